The maximum absolute atomic E-state index is 12.0. The van der Waals surface area contributed by atoms with Crippen LogP contribution in [0.4, 0.5) is 0 Å². The molecule has 0 saturated heterocycles. The van der Waals surface area contributed by atoms with Crippen LogP contribution in [0.2, 0.25) is 0 Å². The number of rotatable bonds is 5. The first-order chi connectivity index (χ1) is 13.7. The second-order valence-electron chi connectivity index (χ2n) is 12.1. The van der Waals surface area contributed by atoms with E-state index in [9.17, 15) is 9.90 Å². The average molecular weight is 401 g/mol. The van der Waals surface area contributed by atoms with E-state index in [2.05, 4.69) is 34.6 Å². The van der Waals surface area contributed by atoms with E-state index < -0.39 is 0 Å². The summed E-state index contributed by atoms with van der Waals surface area (Å²) in [5, 5.41) is 10.9. The summed E-state index contributed by atoms with van der Waals surface area (Å²) in [7, 11) is 0. The summed E-state index contributed by atoms with van der Waals surface area (Å²) >= 11 is 0. The molecule has 8 atom stereocenters. The van der Waals surface area contributed by atoms with Gasteiger partial charge in [-0.15, -0.1) is 0 Å². The highest BCUT2D eigenvalue weighted by Gasteiger charge is 2.59. The maximum atomic E-state index is 12.0. The van der Waals surface area contributed by atoms with E-state index in [4.69, 9.17) is 0 Å². The van der Waals surface area contributed by atoms with Gasteiger partial charge in [0, 0.05) is 6.42 Å². The van der Waals surface area contributed by atoms with E-state index in [0.717, 1.165) is 49.9 Å². The van der Waals surface area contributed by atoms with Gasteiger partial charge in [0.25, 0.3) is 0 Å². The van der Waals surface area contributed by atoms with E-state index >= 15 is 0 Å². The summed E-state index contributed by atoms with van der Waals surface area (Å²) in [6.07, 6.45) is 13.6. The molecule has 0 aliphatic heterocycles. The van der Waals surface area contributed by atoms with Crippen molar-refractivity contribution in [3.8, 4) is 0 Å². The lowest BCUT2D eigenvalue weighted by molar-refractivity contribution is -0.117. The SMILES string of the molecule is CC(C)CC[C@H](O)[C@@H](C)C1CCC2C3CCC4=CC(=O)CCC4(C)C3CC[C@@]21C. The lowest BCUT2D eigenvalue weighted by Crippen LogP contribution is -2.51. The van der Waals surface area contributed by atoms with Crippen molar-refractivity contribution in [3.63, 3.8) is 0 Å². The Kier molecular flexibility index (Phi) is 5.82. The number of carbonyl (C=O) groups is 1. The smallest absolute Gasteiger partial charge is 0.155 e. The molecule has 3 fully saturated rings. The van der Waals surface area contributed by atoms with Gasteiger partial charge in [-0.1, -0.05) is 40.2 Å². The Morgan fingerprint density at radius 1 is 1.00 bits per heavy atom. The fourth-order valence-electron chi connectivity index (χ4n) is 8.50. The molecule has 5 unspecified atom stereocenters. The third kappa shape index (κ3) is 3.56. The highest BCUT2D eigenvalue weighted by atomic mass is 16.3. The van der Waals surface area contributed by atoms with Crippen molar-refractivity contribution in [2.45, 2.75) is 105 Å². The average Bonchev–Trinajstić information content (AvgIpc) is 3.03. The zero-order valence-corrected chi connectivity index (χ0v) is 19.5. The fraction of sp³-hybridized carbons (Fsp3) is 0.889. The Labute approximate surface area is 178 Å². The van der Waals surface area contributed by atoms with Crippen LogP contribution in [-0.2, 0) is 4.79 Å². The van der Waals surface area contributed by atoms with Crippen molar-refractivity contribution < 1.29 is 9.90 Å². The molecule has 0 heterocycles. The van der Waals surface area contributed by atoms with Crippen LogP contribution < -0.4 is 0 Å². The second kappa shape index (κ2) is 7.81. The third-order valence-electron chi connectivity index (χ3n) is 10.3. The molecule has 2 heteroatoms. The molecule has 4 rings (SSSR count). The quantitative estimate of drug-likeness (QED) is 0.567. The minimum absolute atomic E-state index is 0.140. The molecular weight excluding hydrogens is 356 g/mol. The number of fused-ring (bicyclic) bond motifs is 5. The lowest BCUT2D eigenvalue weighted by atomic mass is 9.46. The largest absolute Gasteiger partial charge is 0.393 e. The summed E-state index contributed by atoms with van der Waals surface area (Å²) in [4.78, 5) is 12.0. The van der Waals surface area contributed by atoms with E-state index in [-0.39, 0.29) is 11.5 Å². The van der Waals surface area contributed by atoms with Gasteiger partial charge in [-0.25, -0.2) is 0 Å². The van der Waals surface area contributed by atoms with Crippen LogP contribution in [0.25, 0.3) is 0 Å². The Balaban J connectivity index is 1.52. The Morgan fingerprint density at radius 2 is 1.76 bits per heavy atom. The van der Waals surface area contributed by atoms with Gasteiger partial charge in [-0.05, 0) is 110 Å². The summed E-state index contributed by atoms with van der Waals surface area (Å²) in [6.45, 7) is 11.9. The van der Waals surface area contributed by atoms with E-state index in [0.29, 0.717) is 29.0 Å². The number of carbonyl (C=O) groups excluding carboxylic acids is 1. The van der Waals surface area contributed by atoms with Gasteiger partial charge in [0.2, 0.25) is 0 Å². The molecule has 3 saturated carbocycles. The van der Waals surface area contributed by atoms with Crippen LogP contribution in [0.3, 0.4) is 0 Å². The van der Waals surface area contributed by atoms with Gasteiger partial charge >= 0.3 is 0 Å². The molecular formula is C27H44O2. The topological polar surface area (TPSA) is 37.3 Å². The lowest BCUT2D eigenvalue weighted by Gasteiger charge is -2.58. The summed E-state index contributed by atoms with van der Waals surface area (Å²) in [5.74, 6) is 4.55. The van der Waals surface area contributed by atoms with Gasteiger partial charge in [0.05, 0.1) is 6.10 Å². The molecule has 0 aromatic carbocycles. The number of aliphatic hydroxyl groups is 1. The predicted octanol–water partition coefficient (Wildman–Crippen LogP) is 6.57. The fourth-order valence-corrected chi connectivity index (χ4v) is 8.50. The standard InChI is InChI=1S/C27H44O2/c1-17(2)6-11-25(29)18(3)22-9-10-23-21-8-7-19-16-20(28)12-14-26(19,4)24(21)13-15-27(22,23)5/h16-18,21-25,29H,6-15H2,1-5H3/t18-,21?,22?,23?,24?,25-,26?,27+/m0/s1. The van der Waals surface area contributed by atoms with Crippen LogP contribution >= 0.6 is 0 Å². The van der Waals surface area contributed by atoms with Crippen molar-refractivity contribution in [2.24, 2.45) is 46.3 Å². The number of hydrogen-bond acceptors (Lipinski definition) is 2. The molecule has 4 aliphatic carbocycles. The first kappa shape index (κ1) is 21.6. The second-order valence-corrected chi connectivity index (χ2v) is 12.1. The molecule has 0 aromatic heterocycles. The zero-order chi connectivity index (χ0) is 21.0. The number of ketones is 1. The predicted molar refractivity (Wildman–Crippen MR) is 119 cm³/mol. The van der Waals surface area contributed by atoms with Crippen LogP contribution in [0.15, 0.2) is 11.6 Å². The molecule has 0 amide bonds. The van der Waals surface area contributed by atoms with Crippen LogP contribution in [0, 0.1) is 46.3 Å². The van der Waals surface area contributed by atoms with Crippen molar-refractivity contribution >= 4 is 5.78 Å². The van der Waals surface area contributed by atoms with Crippen LogP contribution in [-0.4, -0.2) is 17.0 Å². The molecule has 0 radical (unpaired) electrons. The van der Waals surface area contributed by atoms with Crippen molar-refractivity contribution in [1.29, 1.82) is 0 Å². The molecule has 0 spiro atoms. The Hall–Kier alpha value is -0.630. The third-order valence-corrected chi connectivity index (χ3v) is 10.3. The molecule has 0 bridgehead atoms. The minimum atomic E-state index is -0.140. The normalized spacial score (nSPS) is 44.0. The molecule has 4 aliphatic rings. The zero-order valence-electron chi connectivity index (χ0n) is 19.5. The minimum Gasteiger partial charge on any atom is -0.393 e. The molecule has 1 N–H and O–H groups in total. The Morgan fingerprint density at radius 3 is 2.48 bits per heavy atom. The number of hydrogen-bond donors (Lipinski definition) is 1. The van der Waals surface area contributed by atoms with E-state index in [1.165, 1.54) is 37.7 Å². The molecule has 2 nitrogen and oxygen atoms in total. The Bertz CT molecular complexity index is 663. The van der Waals surface area contributed by atoms with E-state index in [1.807, 2.05) is 6.08 Å². The van der Waals surface area contributed by atoms with Gasteiger partial charge < -0.3 is 5.11 Å². The van der Waals surface area contributed by atoms with Gasteiger partial charge in [0.1, 0.15) is 0 Å². The van der Waals surface area contributed by atoms with Crippen molar-refractivity contribution in [3.05, 3.63) is 11.6 Å². The highest BCUT2D eigenvalue weighted by molar-refractivity contribution is 5.91. The summed E-state index contributed by atoms with van der Waals surface area (Å²) in [6, 6.07) is 0. The summed E-state index contributed by atoms with van der Waals surface area (Å²) < 4.78 is 0. The van der Waals surface area contributed by atoms with Gasteiger partial charge in [-0.2, -0.15) is 0 Å². The van der Waals surface area contributed by atoms with E-state index in [1.54, 1.807) is 0 Å². The van der Waals surface area contributed by atoms with Crippen molar-refractivity contribution in [2.75, 3.05) is 0 Å². The van der Waals surface area contributed by atoms with Crippen LogP contribution in [0.5, 0.6) is 0 Å². The summed E-state index contributed by atoms with van der Waals surface area (Å²) in [5.41, 5.74) is 2.16. The molecule has 164 valence electrons. The van der Waals surface area contributed by atoms with Crippen LogP contribution in [0.1, 0.15) is 98.8 Å². The van der Waals surface area contributed by atoms with Gasteiger partial charge in [-0.3, -0.25) is 4.79 Å². The number of aliphatic hydroxyl groups excluding tert-OH is 1. The highest BCUT2D eigenvalue weighted by Crippen LogP contribution is 2.67. The number of allylic oxidation sites excluding steroid dienone is 1. The maximum Gasteiger partial charge on any atom is 0.155 e. The van der Waals surface area contributed by atoms with Crippen molar-refractivity contribution in [1.82, 2.24) is 0 Å². The first-order valence-electron chi connectivity index (χ1n) is 12.6. The van der Waals surface area contributed by atoms with Gasteiger partial charge in [0.15, 0.2) is 5.78 Å². The molecule has 0 aromatic rings. The first-order valence-corrected chi connectivity index (χ1v) is 12.6. The molecule has 29 heavy (non-hydrogen) atoms. The monoisotopic (exact) mass is 400 g/mol.